The molecule has 0 saturated heterocycles. The smallest absolute Gasteiger partial charge is 0.169 e. The Morgan fingerprint density at radius 1 is 0.654 bits per heavy atom. The molecule has 1 aromatic rings. The van der Waals surface area contributed by atoms with Crippen molar-refractivity contribution in [3.8, 4) is 11.5 Å². The molecule has 146 valence electrons. The zero-order valence-electron chi connectivity index (χ0n) is 15.8. The lowest BCUT2D eigenvalue weighted by molar-refractivity contribution is 0.0498. The van der Waals surface area contributed by atoms with Gasteiger partial charge in [-0.25, -0.2) is 0 Å². The topological polar surface area (TPSA) is 55.4 Å². The Kier molecular flexibility index (Phi) is 12.2. The second kappa shape index (κ2) is 14.3. The van der Waals surface area contributed by atoms with E-state index in [0.29, 0.717) is 64.4 Å². The van der Waals surface area contributed by atoms with Crippen molar-refractivity contribution < 1.29 is 28.4 Å². The summed E-state index contributed by atoms with van der Waals surface area (Å²) in [5, 5.41) is 0. The van der Waals surface area contributed by atoms with Crippen LogP contribution >= 0.6 is 0 Å². The molecular weight excluding hydrogens is 336 g/mol. The summed E-state index contributed by atoms with van der Waals surface area (Å²) in [5.74, 6) is 1.26. The van der Waals surface area contributed by atoms with Gasteiger partial charge in [0.1, 0.15) is 13.2 Å². The van der Waals surface area contributed by atoms with Gasteiger partial charge in [-0.1, -0.05) is 37.4 Å². The lowest BCUT2D eigenvalue weighted by Gasteiger charge is -2.17. The van der Waals surface area contributed by atoms with Gasteiger partial charge in [-0.05, 0) is 0 Å². The molecule has 0 aliphatic heterocycles. The molecule has 0 heterocycles. The molecule has 6 nitrogen and oxygen atoms in total. The van der Waals surface area contributed by atoms with E-state index in [2.05, 4.69) is 13.2 Å². The van der Waals surface area contributed by atoms with E-state index in [1.54, 1.807) is 26.4 Å². The van der Waals surface area contributed by atoms with Crippen LogP contribution in [0.5, 0.6) is 11.5 Å². The first kappa shape index (κ1) is 22.2. The van der Waals surface area contributed by atoms with Gasteiger partial charge in [-0.2, -0.15) is 0 Å². The number of ether oxygens (including phenoxy) is 6. The van der Waals surface area contributed by atoms with E-state index in [4.69, 9.17) is 28.4 Å². The Hall–Kier alpha value is -1.86. The van der Waals surface area contributed by atoms with Crippen LogP contribution in [0.1, 0.15) is 11.1 Å². The van der Waals surface area contributed by atoms with E-state index in [0.717, 1.165) is 11.1 Å². The van der Waals surface area contributed by atoms with Crippen molar-refractivity contribution >= 4 is 12.2 Å². The van der Waals surface area contributed by atoms with Crippen molar-refractivity contribution in [2.75, 3.05) is 67.1 Å². The van der Waals surface area contributed by atoms with Crippen molar-refractivity contribution in [1.82, 2.24) is 0 Å². The van der Waals surface area contributed by atoms with Gasteiger partial charge in [0.25, 0.3) is 0 Å². The fraction of sp³-hybridized carbons (Fsp3) is 0.500. The minimum Gasteiger partial charge on any atom is -0.487 e. The molecule has 0 unspecified atom stereocenters. The summed E-state index contributed by atoms with van der Waals surface area (Å²) in [5.41, 5.74) is 1.70. The number of benzene rings is 1. The minimum absolute atomic E-state index is 0.395. The third-order valence-corrected chi connectivity index (χ3v) is 3.42. The Morgan fingerprint density at radius 2 is 1.04 bits per heavy atom. The predicted molar refractivity (Wildman–Crippen MR) is 103 cm³/mol. The highest BCUT2D eigenvalue weighted by atomic mass is 16.6. The third kappa shape index (κ3) is 8.01. The molecule has 0 fully saturated rings. The maximum atomic E-state index is 5.91. The quantitative estimate of drug-likeness (QED) is 0.419. The first-order chi connectivity index (χ1) is 12.8. The van der Waals surface area contributed by atoms with Crippen LogP contribution in [0.25, 0.3) is 12.2 Å². The second-order valence-corrected chi connectivity index (χ2v) is 5.22. The SMILES string of the molecule is C=Cc1ccc(C=C)c(OCCOCCOC)c1OCCOCCOC. The molecule has 0 saturated carbocycles. The van der Waals surface area contributed by atoms with Crippen LogP contribution in [0.2, 0.25) is 0 Å². The zero-order chi connectivity index (χ0) is 19.0. The fourth-order valence-electron chi connectivity index (χ4n) is 2.11. The summed E-state index contributed by atoms with van der Waals surface area (Å²) >= 11 is 0. The Bertz CT molecular complexity index is 482. The molecular formula is C20H30O6. The molecule has 0 radical (unpaired) electrons. The minimum atomic E-state index is 0.395. The molecule has 0 aliphatic carbocycles. The van der Waals surface area contributed by atoms with Gasteiger partial charge >= 0.3 is 0 Å². The second-order valence-electron chi connectivity index (χ2n) is 5.22. The summed E-state index contributed by atoms with van der Waals surface area (Å²) in [4.78, 5) is 0. The molecule has 26 heavy (non-hydrogen) atoms. The monoisotopic (exact) mass is 366 g/mol. The molecule has 1 rings (SSSR count). The maximum absolute atomic E-state index is 5.91. The van der Waals surface area contributed by atoms with Gasteiger partial charge in [0.2, 0.25) is 0 Å². The largest absolute Gasteiger partial charge is 0.487 e. The van der Waals surface area contributed by atoms with Crippen LogP contribution < -0.4 is 9.47 Å². The standard InChI is InChI=1S/C20H30O6/c1-5-17-7-8-18(6-2)20(26-16-14-24-12-10-22-4)19(17)25-15-13-23-11-9-21-3/h5-8H,1-2,9-16H2,3-4H3. The number of hydrogen-bond donors (Lipinski definition) is 0. The van der Waals surface area contributed by atoms with E-state index in [1.807, 2.05) is 12.1 Å². The van der Waals surface area contributed by atoms with E-state index in [-0.39, 0.29) is 0 Å². The maximum Gasteiger partial charge on any atom is 0.169 e. The Morgan fingerprint density at radius 3 is 1.38 bits per heavy atom. The van der Waals surface area contributed by atoms with Crippen LogP contribution in [0, 0.1) is 0 Å². The summed E-state index contributed by atoms with van der Waals surface area (Å²) in [6.07, 6.45) is 3.46. The third-order valence-electron chi connectivity index (χ3n) is 3.42. The first-order valence-electron chi connectivity index (χ1n) is 8.59. The summed E-state index contributed by atoms with van der Waals surface area (Å²) in [7, 11) is 3.28. The number of hydrogen-bond acceptors (Lipinski definition) is 6. The number of rotatable bonds is 16. The molecule has 0 aromatic heterocycles. The van der Waals surface area contributed by atoms with Crippen LogP contribution in [-0.2, 0) is 18.9 Å². The Balaban J connectivity index is 2.68. The molecule has 0 bridgehead atoms. The molecule has 0 N–H and O–H groups in total. The van der Waals surface area contributed by atoms with E-state index < -0.39 is 0 Å². The number of methoxy groups -OCH3 is 2. The molecule has 0 aliphatic rings. The molecule has 1 aromatic carbocycles. The van der Waals surface area contributed by atoms with Gasteiger partial charge in [0, 0.05) is 25.3 Å². The molecule has 0 atom stereocenters. The van der Waals surface area contributed by atoms with E-state index in [9.17, 15) is 0 Å². The normalized spacial score (nSPS) is 10.5. The van der Waals surface area contributed by atoms with Gasteiger partial charge in [-0.3, -0.25) is 0 Å². The highest BCUT2D eigenvalue weighted by molar-refractivity contribution is 5.69. The summed E-state index contributed by atoms with van der Waals surface area (Å²) in [6.45, 7) is 11.6. The van der Waals surface area contributed by atoms with Crippen LogP contribution in [0.4, 0.5) is 0 Å². The van der Waals surface area contributed by atoms with Gasteiger partial charge in [-0.15, -0.1) is 0 Å². The highest BCUT2D eigenvalue weighted by Crippen LogP contribution is 2.36. The molecule has 0 spiro atoms. The lowest BCUT2D eigenvalue weighted by atomic mass is 10.1. The van der Waals surface area contributed by atoms with Crippen molar-refractivity contribution in [3.05, 3.63) is 36.4 Å². The van der Waals surface area contributed by atoms with Crippen molar-refractivity contribution in [1.29, 1.82) is 0 Å². The Labute approximate surface area is 156 Å². The fourth-order valence-corrected chi connectivity index (χ4v) is 2.11. The van der Waals surface area contributed by atoms with Gasteiger partial charge in [0.15, 0.2) is 11.5 Å². The van der Waals surface area contributed by atoms with Gasteiger partial charge in [0.05, 0.1) is 39.6 Å². The average Bonchev–Trinajstić information content (AvgIpc) is 2.67. The van der Waals surface area contributed by atoms with Gasteiger partial charge < -0.3 is 28.4 Å². The van der Waals surface area contributed by atoms with Crippen molar-refractivity contribution in [3.63, 3.8) is 0 Å². The first-order valence-corrected chi connectivity index (χ1v) is 8.59. The van der Waals surface area contributed by atoms with E-state index >= 15 is 0 Å². The van der Waals surface area contributed by atoms with Crippen molar-refractivity contribution in [2.24, 2.45) is 0 Å². The van der Waals surface area contributed by atoms with E-state index in [1.165, 1.54) is 0 Å². The lowest BCUT2D eigenvalue weighted by Crippen LogP contribution is -2.13. The van der Waals surface area contributed by atoms with Crippen LogP contribution in [-0.4, -0.2) is 67.1 Å². The zero-order valence-corrected chi connectivity index (χ0v) is 15.8. The summed E-state index contributed by atoms with van der Waals surface area (Å²) < 4.78 is 32.6. The average molecular weight is 366 g/mol. The van der Waals surface area contributed by atoms with Crippen LogP contribution in [0.3, 0.4) is 0 Å². The molecule has 0 amide bonds. The highest BCUT2D eigenvalue weighted by Gasteiger charge is 2.14. The summed E-state index contributed by atoms with van der Waals surface area (Å²) in [6, 6.07) is 3.85. The van der Waals surface area contributed by atoms with Crippen molar-refractivity contribution in [2.45, 2.75) is 0 Å². The predicted octanol–water partition coefficient (Wildman–Crippen LogP) is 3.06. The van der Waals surface area contributed by atoms with Crippen LogP contribution in [0.15, 0.2) is 25.3 Å². The molecule has 6 heteroatoms.